The van der Waals surface area contributed by atoms with Crippen LogP contribution in [0.3, 0.4) is 0 Å². The predicted octanol–water partition coefficient (Wildman–Crippen LogP) is 0.540. The fourth-order valence-electron chi connectivity index (χ4n) is 0.0609. The first-order chi connectivity index (χ1) is 2.77. The molecule has 5 heteroatoms. The van der Waals surface area contributed by atoms with Gasteiger partial charge in [0, 0.05) is 0 Å². The smallest absolute Gasteiger partial charge is 0.538 e. The van der Waals surface area contributed by atoms with E-state index >= 15 is 0 Å². The molecule has 0 radical (unpaired) electrons. The lowest BCUT2D eigenvalue weighted by atomic mass is 11.2. The molecule has 7 heavy (non-hydrogen) atoms. The standard InChI is InChI=1S/C2H3O3P.H3N/c1-2-5-6(3)4;/h2H,1H2;1H3/p+1. The van der Waals surface area contributed by atoms with E-state index in [1.807, 2.05) is 0 Å². The van der Waals surface area contributed by atoms with Crippen molar-refractivity contribution in [3.05, 3.63) is 12.8 Å². The van der Waals surface area contributed by atoms with Gasteiger partial charge in [0.1, 0.15) is 6.26 Å². The number of hydrogen-bond acceptors (Lipinski definition) is 3. The Hall–Kier alpha value is -0.440. The van der Waals surface area contributed by atoms with Gasteiger partial charge < -0.3 is 11.0 Å². The monoisotopic (exact) mass is 124 g/mol. The predicted molar refractivity (Wildman–Crippen MR) is 24.9 cm³/mol. The molecule has 0 aromatic rings. The highest BCUT2D eigenvalue weighted by atomic mass is 31.1. The van der Waals surface area contributed by atoms with Gasteiger partial charge in [0.05, 0.1) is 0 Å². The van der Waals surface area contributed by atoms with Crippen LogP contribution in [0.15, 0.2) is 12.8 Å². The van der Waals surface area contributed by atoms with E-state index in [9.17, 15) is 9.46 Å². The molecule has 0 fully saturated rings. The molecule has 0 aromatic heterocycles. The summed E-state index contributed by atoms with van der Waals surface area (Å²) in [5, 5.41) is 0. The average Bonchev–Trinajstić information content (AvgIpc) is 1.35. The fraction of sp³-hybridized carbons (Fsp3) is 0. The summed E-state index contributed by atoms with van der Waals surface area (Å²) in [7, 11) is -2.72. The lowest BCUT2D eigenvalue weighted by Crippen LogP contribution is -1.83. The van der Waals surface area contributed by atoms with Crippen LogP contribution in [-0.2, 0) is 9.09 Å². The summed E-state index contributed by atoms with van der Waals surface area (Å²) in [6.07, 6.45) is 0.853. The molecule has 0 rings (SSSR count). The first-order valence-corrected chi connectivity index (χ1v) is 2.29. The quantitative estimate of drug-likeness (QED) is 0.430. The Kier molecular flexibility index (Phi) is 7.75. The van der Waals surface area contributed by atoms with Crippen molar-refractivity contribution in [3.63, 3.8) is 0 Å². The topological polar surface area (TPSA) is 85.9 Å². The van der Waals surface area contributed by atoms with Crippen LogP contribution >= 0.6 is 8.25 Å². The van der Waals surface area contributed by atoms with Crippen molar-refractivity contribution < 1.29 is 14.0 Å². The van der Waals surface area contributed by atoms with Crippen molar-refractivity contribution in [3.8, 4) is 0 Å². The maximum atomic E-state index is 9.34. The molecule has 0 bridgehead atoms. The molecule has 0 aliphatic rings. The minimum absolute atomic E-state index is 0. The minimum Gasteiger partial charge on any atom is -0.558 e. The summed E-state index contributed by atoms with van der Waals surface area (Å²) in [4.78, 5) is 9.34. The molecule has 0 aliphatic heterocycles. The molecule has 42 valence electrons. The van der Waals surface area contributed by atoms with Gasteiger partial charge in [-0.15, -0.1) is 0 Å². The van der Waals surface area contributed by atoms with Crippen LogP contribution in [-0.4, -0.2) is 0 Å². The summed E-state index contributed by atoms with van der Waals surface area (Å²) in [6, 6.07) is 0. The van der Waals surface area contributed by atoms with E-state index in [0.717, 1.165) is 6.26 Å². The first kappa shape index (κ1) is 9.75. The van der Waals surface area contributed by atoms with Crippen LogP contribution in [0.1, 0.15) is 0 Å². The Morgan fingerprint density at radius 3 is 2.29 bits per heavy atom. The molecule has 0 saturated carbocycles. The second-order valence-corrected chi connectivity index (χ2v) is 1.15. The Morgan fingerprint density at radius 2 is 2.29 bits per heavy atom. The fourth-order valence-corrected chi connectivity index (χ4v) is 0.183. The van der Waals surface area contributed by atoms with E-state index in [1.165, 1.54) is 0 Å². The van der Waals surface area contributed by atoms with Crippen molar-refractivity contribution in [1.29, 1.82) is 0 Å². The molecule has 1 atom stereocenters. The van der Waals surface area contributed by atoms with Crippen molar-refractivity contribution in [2.45, 2.75) is 0 Å². The third-order valence-electron chi connectivity index (χ3n) is 0.161. The summed E-state index contributed by atoms with van der Waals surface area (Å²) in [6.45, 7) is 2.99. The molecular formula is C2H7NO3P+. The SMILES string of the molecule is C=CO[P+](=O)[O-].[NH4+]. The second-order valence-electron chi connectivity index (χ2n) is 0.496. The Morgan fingerprint density at radius 1 is 1.86 bits per heavy atom. The maximum Gasteiger partial charge on any atom is 0.538 e. The highest BCUT2D eigenvalue weighted by Crippen LogP contribution is 2.06. The van der Waals surface area contributed by atoms with Gasteiger partial charge in [0.15, 0.2) is 0 Å². The van der Waals surface area contributed by atoms with Gasteiger partial charge in [-0.05, 0) is 4.57 Å². The highest BCUT2D eigenvalue weighted by molar-refractivity contribution is 7.30. The van der Waals surface area contributed by atoms with E-state index in [1.54, 1.807) is 0 Å². The van der Waals surface area contributed by atoms with Gasteiger partial charge in [-0.2, -0.15) is 0 Å². The van der Waals surface area contributed by atoms with Crippen molar-refractivity contribution in [2.24, 2.45) is 0 Å². The zero-order valence-corrected chi connectivity index (χ0v) is 4.85. The summed E-state index contributed by atoms with van der Waals surface area (Å²) < 4.78 is 13.1. The molecule has 0 aliphatic carbocycles. The molecule has 4 nitrogen and oxygen atoms in total. The maximum absolute atomic E-state index is 9.34. The van der Waals surface area contributed by atoms with Crippen LogP contribution in [0.4, 0.5) is 0 Å². The largest absolute Gasteiger partial charge is 0.558 e. The van der Waals surface area contributed by atoms with Gasteiger partial charge in [0.25, 0.3) is 0 Å². The number of rotatable bonds is 2. The number of hydrogen-bond donors (Lipinski definition) is 1. The Labute approximate surface area is 42.3 Å². The summed E-state index contributed by atoms with van der Waals surface area (Å²) in [5.74, 6) is 0. The zero-order chi connectivity index (χ0) is 4.99. The van der Waals surface area contributed by atoms with Crippen molar-refractivity contribution in [1.82, 2.24) is 6.15 Å². The Balaban J connectivity index is 0. The van der Waals surface area contributed by atoms with Gasteiger partial charge >= 0.3 is 8.25 Å². The molecule has 4 N–H and O–H groups in total. The first-order valence-electron chi connectivity index (χ1n) is 1.19. The van der Waals surface area contributed by atoms with E-state index in [0.29, 0.717) is 0 Å². The van der Waals surface area contributed by atoms with Gasteiger partial charge in [0.2, 0.25) is 0 Å². The van der Waals surface area contributed by atoms with Crippen LogP contribution in [0.2, 0.25) is 0 Å². The average molecular weight is 124 g/mol. The van der Waals surface area contributed by atoms with Gasteiger partial charge in [-0.3, -0.25) is 4.52 Å². The lowest BCUT2D eigenvalue weighted by molar-refractivity contribution is -0.181. The molecule has 0 heterocycles. The summed E-state index contributed by atoms with van der Waals surface area (Å²) in [5.41, 5.74) is 0. The summed E-state index contributed by atoms with van der Waals surface area (Å²) >= 11 is 0. The number of quaternary nitrogens is 1. The minimum atomic E-state index is -2.72. The van der Waals surface area contributed by atoms with Crippen LogP contribution in [0, 0.1) is 0 Å². The van der Waals surface area contributed by atoms with Crippen molar-refractivity contribution >= 4 is 8.25 Å². The van der Waals surface area contributed by atoms with Crippen LogP contribution in [0.5, 0.6) is 0 Å². The lowest BCUT2D eigenvalue weighted by Gasteiger charge is -1.75. The van der Waals surface area contributed by atoms with E-state index < -0.39 is 8.25 Å². The van der Waals surface area contributed by atoms with Crippen LogP contribution < -0.4 is 11.0 Å². The normalized spacial score (nSPS) is 8.43. The van der Waals surface area contributed by atoms with Crippen molar-refractivity contribution in [2.75, 3.05) is 0 Å². The molecule has 0 amide bonds. The molecule has 0 saturated heterocycles. The molecule has 0 spiro atoms. The third kappa shape index (κ3) is 10.8. The Bertz CT molecular complexity index is 73.3. The van der Waals surface area contributed by atoms with Gasteiger partial charge in [-0.25, -0.2) is 0 Å². The van der Waals surface area contributed by atoms with Crippen LogP contribution in [0.25, 0.3) is 0 Å². The molecular weight excluding hydrogens is 117 g/mol. The van der Waals surface area contributed by atoms with Gasteiger partial charge in [-0.1, -0.05) is 6.58 Å². The third-order valence-corrected chi connectivity index (χ3v) is 0.482. The van der Waals surface area contributed by atoms with E-state index in [-0.39, 0.29) is 6.15 Å². The molecule has 1 unspecified atom stereocenters. The van der Waals surface area contributed by atoms with E-state index in [4.69, 9.17) is 0 Å². The second kappa shape index (κ2) is 5.56. The zero-order valence-electron chi connectivity index (χ0n) is 3.96. The van der Waals surface area contributed by atoms with E-state index in [2.05, 4.69) is 11.1 Å². The highest BCUT2D eigenvalue weighted by Gasteiger charge is 1.89. The molecule has 0 aromatic carbocycles.